The van der Waals surface area contributed by atoms with Crippen molar-refractivity contribution >= 4 is 34.4 Å². The summed E-state index contributed by atoms with van der Waals surface area (Å²) in [5.74, 6) is 0.666. The monoisotopic (exact) mass is 410 g/mol. The number of hydrogen-bond acceptors (Lipinski definition) is 6. The minimum atomic E-state index is -0.438. The normalized spacial score (nSPS) is 18.7. The summed E-state index contributed by atoms with van der Waals surface area (Å²) in [6.45, 7) is 2.20. The Kier molecular flexibility index (Phi) is 5.87. The molecule has 0 radical (unpaired) electrons. The number of ether oxygens (including phenoxy) is 2. The van der Waals surface area contributed by atoms with Crippen LogP contribution >= 0.6 is 11.8 Å². The van der Waals surface area contributed by atoms with Crippen LogP contribution in [0.1, 0.15) is 28.2 Å². The molecule has 2 atom stereocenters. The molecule has 1 aromatic heterocycles. The van der Waals surface area contributed by atoms with Gasteiger partial charge < -0.3 is 14.5 Å². The van der Waals surface area contributed by atoms with Crippen LogP contribution in [0.25, 0.3) is 10.9 Å². The van der Waals surface area contributed by atoms with Crippen LogP contribution in [-0.2, 0) is 9.53 Å². The van der Waals surface area contributed by atoms with E-state index >= 15 is 0 Å². The summed E-state index contributed by atoms with van der Waals surface area (Å²) in [4.78, 5) is 27.9. The van der Waals surface area contributed by atoms with Crippen LogP contribution in [0.15, 0.2) is 54.7 Å². The average molecular weight is 410 g/mol. The number of aromatic amines is 1. The second-order valence-electron chi connectivity index (χ2n) is 6.71. The zero-order valence-electron chi connectivity index (χ0n) is 16.0. The Balaban J connectivity index is 1.32. The van der Waals surface area contributed by atoms with E-state index in [9.17, 15) is 9.59 Å². The quantitative estimate of drug-likeness (QED) is 0.457. The molecule has 0 spiro atoms. The highest BCUT2D eigenvalue weighted by molar-refractivity contribution is 7.99. The van der Waals surface area contributed by atoms with E-state index in [1.54, 1.807) is 36.0 Å². The standard InChI is InChI=1S/C22H22N2O4S/c1-2-27-15-8-6-14(7-9-15)20(25)12-28-22(26)19-13-29-21(24-19)17-4-3-5-18-16(17)10-11-23-18/h3-11,19,21,23-24H,2,12-13H2,1H3/t19-,21-/m1/s1. The first kappa shape index (κ1) is 19.5. The Morgan fingerprint density at radius 1 is 1.14 bits per heavy atom. The van der Waals surface area contributed by atoms with Gasteiger partial charge >= 0.3 is 5.97 Å². The number of esters is 1. The number of fused-ring (bicyclic) bond motifs is 1. The summed E-state index contributed by atoms with van der Waals surface area (Å²) in [5, 5.41) is 4.47. The fourth-order valence-electron chi connectivity index (χ4n) is 3.35. The van der Waals surface area contributed by atoms with Crippen molar-refractivity contribution in [2.45, 2.75) is 18.3 Å². The molecule has 1 aliphatic rings. The highest BCUT2D eigenvalue weighted by Gasteiger charge is 2.32. The van der Waals surface area contributed by atoms with Crippen LogP contribution in [-0.4, -0.2) is 41.7 Å². The third kappa shape index (κ3) is 4.31. The predicted molar refractivity (Wildman–Crippen MR) is 113 cm³/mol. The maximum Gasteiger partial charge on any atom is 0.324 e. The second-order valence-corrected chi connectivity index (χ2v) is 7.85. The van der Waals surface area contributed by atoms with Crippen LogP contribution in [0, 0.1) is 0 Å². The molecule has 0 aliphatic carbocycles. The fraction of sp³-hybridized carbons (Fsp3) is 0.273. The molecule has 2 N–H and O–H groups in total. The molecule has 0 amide bonds. The van der Waals surface area contributed by atoms with Gasteiger partial charge in [-0.05, 0) is 48.9 Å². The zero-order chi connectivity index (χ0) is 20.2. The molecule has 150 valence electrons. The number of hydrogen-bond donors (Lipinski definition) is 2. The van der Waals surface area contributed by atoms with Crippen LogP contribution in [0.3, 0.4) is 0 Å². The van der Waals surface area contributed by atoms with Crippen molar-refractivity contribution in [3.05, 3.63) is 65.9 Å². The Hall–Kier alpha value is -2.77. The molecule has 3 aromatic rings. The molecule has 1 fully saturated rings. The average Bonchev–Trinajstić information content (AvgIpc) is 3.42. The third-order valence-electron chi connectivity index (χ3n) is 4.81. The van der Waals surface area contributed by atoms with Crippen LogP contribution < -0.4 is 10.1 Å². The second kappa shape index (κ2) is 8.71. The first-order valence-electron chi connectivity index (χ1n) is 9.52. The van der Waals surface area contributed by atoms with Gasteiger partial charge in [-0.2, -0.15) is 0 Å². The topological polar surface area (TPSA) is 80.4 Å². The SMILES string of the molecule is CCOc1ccc(C(=O)COC(=O)[C@H]2CS[C@H](c3cccc4[nH]ccc34)N2)cc1. The number of thioether (sulfide) groups is 1. The van der Waals surface area contributed by atoms with Gasteiger partial charge in [-0.3, -0.25) is 14.9 Å². The molecule has 6 nitrogen and oxygen atoms in total. The first-order valence-corrected chi connectivity index (χ1v) is 10.6. The number of H-pyrrole nitrogens is 1. The summed E-state index contributed by atoms with van der Waals surface area (Å²) in [7, 11) is 0. The molecule has 0 saturated carbocycles. The highest BCUT2D eigenvalue weighted by atomic mass is 32.2. The maximum atomic E-state index is 12.4. The van der Waals surface area contributed by atoms with Crippen molar-refractivity contribution in [2.75, 3.05) is 19.0 Å². The van der Waals surface area contributed by atoms with E-state index in [1.807, 2.05) is 31.3 Å². The van der Waals surface area contributed by atoms with Crippen molar-refractivity contribution in [1.29, 1.82) is 0 Å². The Bertz CT molecular complexity index is 1020. The lowest BCUT2D eigenvalue weighted by Gasteiger charge is -2.14. The summed E-state index contributed by atoms with van der Waals surface area (Å²) in [6.07, 6.45) is 1.91. The van der Waals surface area contributed by atoms with E-state index in [2.05, 4.69) is 16.4 Å². The van der Waals surface area contributed by atoms with Crippen molar-refractivity contribution < 1.29 is 19.1 Å². The van der Waals surface area contributed by atoms with E-state index in [1.165, 1.54) is 0 Å². The summed E-state index contributed by atoms with van der Waals surface area (Å²) in [6, 6.07) is 14.5. The smallest absolute Gasteiger partial charge is 0.324 e. The van der Waals surface area contributed by atoms with Gasteiger partial charge in [0.05, 0.1) is 12.0 Å². The maximum absolute atomic E-state index is 12.4. The number of nitrogens with one attached hydrogen (secondary N) is 2. The van der Waals surface area contributed by atoms with Gasteiger partial charge in [-0.1, -0.05) is 12.1 Å². The Labute approximate surface area is 173 Å². The third-order valence-corrected chi connectivity index (χ3v) is 6.06. The predicted octanol–water partition coefficient (Wildman–Crippen LogP) is 3.70. The van der Waals surface area contributed by atoms with Crippen molar-refractivity contribution in [1.82, 2.24) is 10.3 Å². The zero-order valence-corrected chi connectivity index (χ0v) is 16.8. The van der Waals surface area contributed by atoms with E-state index in [0.29, 0.717) is 23.7 Å². The van der Waals surface area contributed by atoms with Gasteiger partial charge in [0.2, 0.25) is 0 Å². The van der Waals surface area contributed by atoms with Crippen molar-refractivity contribution in [2.24, 2.45) is 0 Å². The minimum Gasteiger partial charge on any atom is -0.494 e. The molecule has 2 aromatic carbocycles. The number of ketones is 1. The Morgan fingerprint density at radius 2 is 1.97 bits per heavy atom. The number of rotatable bonds is 7. The number of Topliss-reactive ketones (excluding diaryl/α,β-unsaturated/α-hetero) is 1. The summed E-state index contributed by atoms with van der Waals surface area (Å²) in [5.41, 5.74) is 2.69. The molecule has 0 unspecified atom stereocenters. The van der Waals surface area contributed by atoms with Crippen LogP contribution in [0.4, 0.5) is 0 Å². The largest absolute Gasteiger partial charge is 0.494 e. The lowest BCUT2D eigenvalue weighted by Crippen LogP contribution is -2.36. The fourth-order valence-corrected chi connectivity index (χ4v) is 4.61. The van der Waals surface area contributed by atoms with Gasteiger partial charge in [0, 0.05) is 28.4 Å². The van der Waals surface area contributed by atoms with Gasteiger partial charge in [0.15, 0.2) is 12.4 Å². The van der Waals surface area contributed by atoms with Gasteiger partial charge in [-0.15, -0.1) is 11.8 Å². The molecule has 7 heteroatoms. The van der Waals surface area contributed by atoms with E-state index in [0.717, 1.165) is 16.5 Å². The molecule has 1 saturated heterocycles. The van der Waals surface area contributed by atoms with Gasteiger partial charge in [0.25, 0.3) is 0 Å². The van der Waals surface area contributed by atoms with Crippen LogP contribution in [0.5, 0.6) is 5.75 Å². The molecule has 2 heterocycles. The van der Waals surface area contributed by atoms with Crippen molar-refractivity contribution in [3.63, 3.8) is 0 Å². The molecular formula is C22H22N2O4S. The van der Waals surface area contributed by atoms with Gasteiger partial charge in [-0.25, -0.2) is 0 Å². The molecule has 29 heavy (non-hydrogen) atoms. The van der Waals surface area contributed by atoms with E-state index < -0.39 is 12.0 Å². The van der Waals surface area contributed by atoms with Crippen LogP contribution in [0.2, 0.25) is 0 Å². The number of carbonyl (C=O) groups is 2. The first-order chi connectivity index (χ1) is 14.2. The summed E-state index contributed by atoms with van der Waals surface area (Å²) < 4.78 is 10.6. The van der Waals surface area contributed by atoms with Crippen molar-refractivity contribution in [3.8, 4) is 5.75 Å². The number of benzene rings is 2. The molecule has 1 aliphatic heterocycles. The number of carbonyl (C=O) groups excluding carboxylic acids is 2. The van der Waals surface area contributed by atoms with Gasteiger partial charge in [0.1, 0.15) is 11.8 Å². The lowest BCUT2D eigenvalue weighted by molar-refractivity contribution is -0.144. The lowest BCUT2D eigenvalue weighted by atomic mass is 10.1. The molecule has 4 rings (SSSR count). The number of aromatic nitrogens is 1. The van der Waals surface area contributed by atoms with E-state index in [4.69, 9.17) is 9.47 Å². The van der Waals surface area contributed by atoms with E-state index in [-0.39, 0.29) is 17.8 Å². The highest BCUT2D eigenvalue weighted by Crippen LogP contribution is 2.36. The molecular weight excluding hydrogens is 388 g/mol. The minimum absolute atomic E-state index is 0.00821. The summed E-state index contributed by atoms with van der Waals surface area (Å²) >= 11 is 1.66. The molecule has 0 bridgehead atoms. The Morgan fingerprint density at radius 3 is 2.76 bits per heavy atom.